The Kier molecular flexibility index (Phi) is 4.57. The molecule has 0 amide bonds. The Hall–Kier alpha value is -0.980. The Labute approximate surface area is 125 Å². The third kappa shape index (κ3) is 3.12. The van der Waals surface area contributed by atoms with E-state index in [1.807, 2.05) is 6.92 Å². The van der Waals surface area contributed by atoms with Crippen LogP contribution in [0.3, 0.4) is 0 Å². The summed E-state index contributed by atoms with van der Waals surface area (Å²) in [7, 11) is 0. The number of hydrogen-bond acceptors (Lipinski definition) is 6. The molecule has 2 fully saturated rings. The molecule has 118 valence electrons. The van der Waals surface area contributed by atoms with Crippen molar-refractivity contribution in [1.29, 1.82) is 0 Å². The summed E-state index contributed by atoms with van der Waals surface area (Å²) in [5, 5.41) is 7.50. The number of morpholine rings is 1. The minimum atomic E-state index is -0.379. The summed E-state index contributed by atoms with van der Waals surface area (Å²) >= 11 is 0. The maximum atomic E-state index is 6.09. The van der Waals surface area contributed by atoms with E-state index in [4.69, 9.17) is 14.0 Å². The summed E-state index contributed by atoms with van der Waals surface area (Å²) in [6, 6.07) is 0. The van der Waals surface area contributed by atoms with Crippen molar-refractivity contribution in [3.05, 3.63) is 11.7 Å². The van der Waals surface area contributed by atoms with Crippen LogP contribution in [0.1, 0.15) is 57.3 Å². The fourth-order valence-electron chi connectivity index (χ4n) is 3.45. The average Bonchev–Trinajstić information content (AvgIpc) is 2.99. The van der Waals surface area contributed by atoms with Crippen LogP contribution in [0.4, 0.5) is 0 Å². The summed E-state index contributed by atoms with van der Waals surface area (Å²) in [5.41, 5.74) is -0.379. The van der Waals surface area contributed by atoms with Gasteiger partial charge in [-0.2, -0.15) is 4.98 Å². The van der Waals surface area contributed by atoms with Crippen molar-refractivity contribution in [3.63, 3.8) is 0 Å². The van der Waals surface area contributed by atoms with Gasteiger partial charge in [0.25, 0.3) is 5.89 Å². The lowest BCUT2D eigenvalue weighted by Gasteiger charge is -2.37. The number of nitrogens with zero attached hydrogens (tertiary/aromatic N) is 2. The van der Waals surface area contributed by atoms with E-state index in [0.29, 0.717) is 30.8 Å². The van der Waals surface area contributed by atoms with Gasteiger partial charge in [0, 0.05) is 19.7 Å². The Morgan fingerprint density at radius 1 is 1.48 bits per heavy atom. The predicted octanol–water partition coefficient (Wildman–Crippen LogP) is 2.17. The molecule has 1 saturated heterocycles. The van der Waals surface area contributed by atoms with Gasteiger partial charge in [-0.15, -0.1) is 0 Å². The molecule has 6 nitrogen and oxygen atoms in total. The molecule has 2 heterocycles. The molecule has 1 aromatic rings. The summed E-state index contributed by atoms with van der Waals surface area (Å²) in [5.74, 6) is 1.88. The van der Waals surface area contributed by atoms with Crippen LogP contribution in [0.5, 0.6) is 0 Å². The first-order valence-corrected chi connectivity index (χ1v) is 8.04. The van der Waals surface area contributed by atoms with Gasteiger partial charge in [-0.25, -0.2) is 0 Å². The second-order valence-electron chi connectivity index (χ2n) is 6.15. The van der Waals surface area contributed by atoms with Crippen LogP contribution in [-0.4, -0.2) is 36.4 Å². The van der Waals surface area contributed by atoms with Gasteiger partial charge in [-0.05, 0) is 32.1 Å². The van der Waals surface area contributed by atoms with Gasteiger partial charge in [0.15, 0.2) is 0 Å². The van der Waals surface area contributed by atoms with Crippen molar-refractivity contribution >= 4 is 0 Å². The molecule has 1 aromatic heterocycles. The molecule has 3 rings (SSSR count). The topological polar surface area (TPSA) is 69.4 Å². The van der Waals surface area contributed by atoms with Gasteiger partial charge in [0.1, 0.15) is 11.7 Å². The molecule has 2 aliphatic rings. The molecule has 0 bridgehead atoms. The summed E-state index contributed by atoms with van der Waals surface area (Å²) in [6.07, 6.45) is 4.18. The van der Waals surface area contributed by atoms with E-state index >= 15 is 0 Å². The van der Waals surface area contributed by atoms with Gasteiger partial charge >= 0.3 is 0 Å². The first kappa shape index (κ1) is 14.9. The molecule has 21 heavy (non-hydrogen) atoms. The zero-order chi connectivity index (χ0) is 14.7. The van der Waals surface area contributed by atoms with Crippen LogP contribution in [0.2, 0.25) is 0 Å². The Morgan fingerprint density at radius 3 is 3.10 bits per heavy atom. The molecule has 1 N–H and O–H groups in total. The molecule has 0 spiro atoms. The quantitative estimate of drug-likeness (QED) is 0.918. The van der Waals surface area contributed by atoms with Crippen LogP contribution in [0, 0.1) is 5.92 Å². The highest BCUT2D eigenvalue weighted by Gasteiger charge is 2.42. The third-order valence-corrected chi connectivity index (χ3v) is 4.43. The fourth-order valence-corrected chi connectivity index (χ4v) is 3.45. The molecule has 0 aromatic carbocycles. The molecular formula is C15H25N3O3. The van der Waals surface area contributed by atoms with Crippen LogP contribution in [-0.2, 0) is 15.1 Å². The Morgan fingerprint density at radius 2 is 2.38 bits per heavy atom. The van der Waals surface area contributed by atoms with Crippen LogP contribution < -0.4 is 5.32 Å². The van der Waals surface area contributed by atoms with Crippen molar-refractivity contribution in [3.8, 4) is 0 Å². The van der Waals surface area contributed by atoms with Crippen molar-refractivity contribution in [2.24, 2.45) is 5.92 Å². The van der Waals surface area contributed by atoms with E-state index in [2.05, 4.69) is 22.4 Å². The SMILES string of the molecule is CCOC1(c2noc(C3CNCCO3)n2)CCCC(C)C1. The third-order valence-electron chi connectivity index (χ3n) is 4.43. The molecule has 6 heteroatoms. The van der Waals surface area contributed by atoms with E-state index in [0.717, 1.165) is 32.4 Å². The first-order valence-electron chi connectivity index (χ1n) is 8.04. The van der Waals surface area contributed by atoms with Crippen molar-refractivity contribution < 1.29 is 14.0 Å². The van der Waals surface area contributed by atoms with E-state index in [-0.39, 0.29) is 11.7 Å². The summed E-state index contributed by atoms with van der Waals surface area (Å²) in [4.78, 5) is 4.62. The van der Waals surface area contributed by atoms with Crippen LogP contribution in [0.15, 0.2) is 4.52 Å². The van der Waals surface area contributed by atoms with Crippen LogP contribution in [0.25, 0.3) is 0 Å². The van der Waals surface area contributed by atoms with E-state index < -0.39 is 0 Å². The molecule has 1 saturated carbocycles. The molecular weight excluding hydrogens is 270 g/mol. The summed E-state index contributed by atoms with van der Waals surface area (Å²) in [6.45, 7) is 7.23. The molecule has 1 aliphatic carbocycles. The highest BCUT2D eigenvalue weighted by Crippen LogP contribution is 2.42. The second kappa shape index (κ2) is 6.42. The minimum absolute atomic E-state index is 0.139. The molecule has 3 unspecified atom stereocenters. The van der Waals surface area contributed by atoms with Gasteiger partial charge < -0.3 is 19.3 Å². The smallest absolute Gasteiger partial charge is 0.257 e. The van der Waals surface area contributed by atoms with Crippen molar-refractivity contribution in [1.82, 2.24) is 15.5 Å². The number of nitrogens with one attached hydrogen (secondary N) is 1. The number of aromatic nitrogens is 2. The maximum absolute atomic E-state index is 6.09. The van der Waals surface area contributed by atoms with E-state index in [1.54, 1.807) is 0 Å². The largest absolute Gasteiger partial charge is 0.367 e. The van der Waals surface area contributed by atoms with E-state index in [1.165, 1.54) is 6.42 Å². The fraction of sp³-hybridized carbons (Fsp3) is 0.867. The lowest BCUT2D eigenvalue weighted by atomic mass is 9.78. The standard InChI is InChI=1S/C15H25N3O3/c1-3-20-15(6-4-5-11(2)9-15)14-17-13(21-18-14)12-10-16-7-8-19-12/h11-12,16H,3-10H2,1-2H3. The predicted molar refractivity (Wildman–Crippen MR) is 76.8 cm³/mol. The van der Waals surface area contributed by atoms with Gasteiger partial charge in [-0.3, -0.25) is 0 Å². The normalized spacial score (nSPS) is 34.0. The second-order valence-corrected chi connectivity index (χ2v) is 6.15. The minimum Gasteiger partial charge on any atom is -0.367 e. The molecule has 0 radical (unpaired) electrons. The number of rotatable bonds is 4. The lowest BCUT2D eigenvalue weighted by Crippen LogP contribution is -2.37. The highest BCUT2D eigenvalue weighted by atomic mass is 16.5. The van der Waals surface area contributed by atoms with E-state index in [9.17, 15) is 0 Å². The number of hydrogen-bond donors (Lipinski definition) is 1. The monoisotopic (exact) mass is 295 g/mol. The van der Waals surface area contributed by atoms with Crippen molar-refractivity contribution in [2.75, 3.05) is 26.3 Å². The van der Waals surface area contributed by atoms with Crippen LogP contribution >= 0.6 is 0 Å². The summed E-state index contributed by atoms with van der Waals surface area (Å²) < 4.78 is 17.2. The Bertz CT molecular complexity index is 455. The first-order chi connectivity index (χ1) is 10.2. The molecule has 3 atom stereocenters. The maximum Gasteiger partial charge on any atom is 0.257 e. The lowest BCUT2D eigenvalue weighted by molar-refractivity contribution is -0.0891. The zero-order valence-electron chi connectivity index (χ0n) is 12.9. The zero-order valence-corrected chi connectivity index (χ0v) is 12.9. The number of ether oxygens (including phenoxy) is 2. The van der Waals surface area contributed by atoms with Gasteiger partial charge in [0.2, 0.25) is 5.82 Å². The molecule has 1 aliphatic heterocycles. The van der Waals surface area contributed by atoms with Crippen molar-refractivity contribution in [2.45, 2.75) is 51.2 Å². The van der Waals surface area contributed by atoms with Gasteiger partial charge in [-0.1, -0.05) is 18.5 Å². The Balaban J connectivity index is 1.81. The van der Waals surface area contributed by atoms with Gasteiger partial charge in [0.05, 0.1) is 6.61 Å². The highest BCUT2D eigenvalue weighted by molar-refractivity contribution is 5.05. The average molecular weight is 295 g/mol.